The molecule has 0 aliphatic rings. The zero-order valence-corrected chi connectivity index (χ0v) is 16.3. The van der Waals surface area contributed by atoms with Crippen LogP contribution in [0.25, 0.3) is 10.9 Å². The van der Waals surface area contributed by atoms with Crippen LogP contribution >= 0.6 is 0 Å². The number of hydrogen-bond acceptors (Lipinski definition) is 3. The van der Waals surface area contributed by atoms with Crippen LogP contribution in [0.5, 0.6) is 5.75 Å². The van der Waals surface area contributed by atoms with Crippen LogP contribution in [0.2, 0.25) is 0 Å². The van der Waals surface area contributed by atoms with Crippen LogP contribution in [0.1, 0.15) is 12.0 Å². The van der Waals surface area contributed by atoms with Gasteiger partial charge in [-0.25, -0.2) is 4.99 Å². The van der Waals surface area contributed by atoms with Crippen LogP contribution < -0.4 is 11.5 Å². The highest BCUT2D eigenvalue weighted by Gasteiger charge is 2.10. The number of phenols is 1. The quantitative estimate of drug-likeness (QED) is 0.250. The molecule has 6 nitrogen and oxygen atoms in total. The first-order chi connectivity index (χ1) is 13.5. The molecule has 1 amide bonds. The molecule has 28 heavy (non-hydrogen) atoms. The molecule has 5 N–H and O–H groups in total. The molecular weight excluding hydrogens is 368 g/mol. The van der Waals surface area contributed by atoms with Crippen molar-refractivity contribution in [1.29, 1.82) is 0 Å². The largest absolute Gasteiger partial charge is 0.508 e. The molecule has 7 heteroatoms. The van der Waals surface area contributed by atoms with Crippen molar-refractivity contribution >= 4 is 38.6 Å². The zero-order valence-electron chi connectivity index (χ0n) is 15.3. The molecule has 0 saturated heterocycles. The third-order valence-electron chi connectivity index (χ3n) is 4.52. The second kappa shape index (κ2) is 8.58. The fraction of sp³-hybridized carbons (Fsp3) is 0.143. The first-order valence-electron chi connectivity index (χ1n) is 8.87. The number of phenolic OH excluding ortho intramolecular Hbond substituents is 1. The first-order valence-corrected chi connectivity index (χ1v) is 9.45. The van der Waals surface area contributed by atoms with Crippen molar-refractivity contribution in [3.05, 3.63) is 71.6 Å². The molecular formula is C21H21N4O2Si. The molecule has 0 unspecified atom stereocenters. The van der Waals surface area contributed by atoms with E-state index in [1.54, 1.807) is 12.1 Å². The normalized spacial score (nSPS) is 12.5. The van der Waals surface area contributed by atoms with Gasteiger partial charge in [-0.1, -0.05) is 23.9 Å². The van der Waals surface area contributed by atoms with Crippen molar-refractivity contribution in [1.82, 2.24) is 4.57 Å². The van der Waals surface area contributed by atoms with Gasteiger partial charge in [-0.05, 0) is 48.7 Å². The van der Waals surface area contributed by atoms with Crippen LogP contribution in [-0.4, -0.2) is 31.7 Å². The van der Waals surface area contributed by atoms with E-state index in [2.05, 4.69) is 19.8 Å². The lowest BCUT2D eigenvalue weighted by Crippen LogP contribution is -2.26. The van der Waals surface area contributed by atoms with E-state index < -0.39 is 5.91 Å². The predicted molar refractivity (Wildman–Crippen MR) is 113 cm³/mol. The third kappa shape index (κ3) is 4.32. The maximum atomic E-state index is 11.4. The number of benzene rings is 2. The number of carbonyl (C=O) groups excluding carboxylic acids is 1. The topological polar surface area (TPSA) is 107 Å². The monoisotopic (exact) mass is 389 g/mol. The smallest absolute Gasteiger partial charge is 0.251 e. The molecule has 0 aliphatic heterocycles. The lowest BCUT2D eigenvalue weighted by Gasteiger charge is -2.07. The number of aromatic hydroxyl groups is 1. The SMILES string of the molecule is NC(=O)/C(=C/[Si])C(N)=Nc1cccc2c1ccn2CCCc1ccc(O)cc1. The highest BCUT2D eigenvalue weighted by Crippen LogP contribution is 2.27. The second-order valence-electron chi connectivity index (χ2n) is 6.41. The molecule has 1 heterocycles. The van der Waals surface area contributed by atoms with Gasteiger partial charge in [0.05, 0.1) is 27.0 Å². The minimum atomic E-state index is -0.643. The van der Waals surface area contributed by atoms with E-state index in [1.165, 1.54) is 11.3 Å². The summed E-state index contributed by atoms with van der Waals surface area (Å²) in [7, 11) is 3.15. The van der Waals surface area contributed by atoms with Crippen molar-refractivity contribution in [2.24, 2.45) is 16.5 Å². The summed E-state index contributed by atoms with van der Waals surface area (Å²) in [6, 6.07) is 15.1. The molecule has 0 saturated carbocycles. The number of nitrogens with zero attached hydrogens (tertiary/aromatic N) is 2. The molecule has 141 valence electrons. The van der Waals surface area contributed by atoms with Gasteiger partial charge in [-0.3, -0.25) is 4.79 Å². The number of nitrogens with two attached hydrogens (primary N) is 2. The van der Waals surface area contributed by atoms with E-state index in [0.29, 0.717) is 5.69 Å². The van der Waals surface area contributed by atoms with Crippen molar-refractivity contribution in [3.63, 3.8) is 0 Å². The Hall–Kier alpha value is -3.32. The van der Waals surface area contributed by atoms with E-state index in [1.807, 2.05) is 42.6 Å². The van der Waals surface area contributed by atoms with Crippen molar-refractivity contribution < 1.29 is 9.90 Å². The first kappa shape index (κ1) is 19.4. The van der Waals surface area contributed by atoms with Crippen molar-refractivity contribution in [2.75, 3.05) is 0 Å². The number of aliphatic imine (C=N–C) groups is 1. The van der Waals surface area contributed by atoms with Gasteiger partial charge in [0.2, 0.25) is 0 Å². The molecule has 0 fully saturated rings. The maximum Gasteiger partial charge on any atom is 0.251 e. The Labute approximate surface area is 166 Å². The van der Waals surface area contributed by atoms with Crippen LogP contribution in [0.4, 0.5) is 5.69 Å². The number of amides is 1. The van der Waals surface area contributed by atoms with Gasteiger partial charge in [-0.2, -0.15) is 0 Å². The summed E-state index contributed by atoms with van der Waals surface area (Å²) in [4.78, 5) is 15.8. The highest BCUT2D eigenvalue weighted by atomic mass is 28.1. The average molecular weight is 390 g/mol. The van der Waals surface area contributed by atoms with E-state index in [9.17, 15) is 9.90 Å². The van der Waals surface area contributed by atoms with Crippen LogP contribution in [-0.2, 0) is 17.8 Å². The molecule has 0 aliphatic carbocycles. The predicted octanol–water partition coefficient (Wildman–Crippen LogP) is 2.51. The third-order valence-corrected chi connectivity index (χ3v) is 4.81. The molecule has 3 radical (unpaired) electrons. The number of aryl methyl sites for hydroxylation is 2. The number of hydrogen-bond donors (Lipinski definition) is 3. The fourth-order valence-corrected chi connectivity index (χ4v) is 3.37. The Bertz CT molecular complexity index is 1050. The Morgan fingerprint density at radius 2 is 1.89 bits per heavy atom. The highest BCUT2D eigenvalue weighted by molar-refractivity contribution is 6.29. The lowest BCUT2D eigenvalue weighted by molar-refractivity contribution is -0.114. The van der Waals surface area contributed by atoms with Gasteiger partial charge < -0.3 is 21.1 Å². The minimum absolute atomic E-state index is 0.0649. The van der Waals surface area contributed by atoms with Crippen LogP contribution in [0.15, 0.2) is 71.0 Å². The van der Waals surface area contributed by atoms with E-state index in [-0.39, 0.29) is 17.2 Å². The number of fused-ring (bicyclic) bond motifs is 1. The zero-order chi connectivity index (χ0) is 20.1. The number of amidine groups is 1. The fourth-order valence-electron chi connectivity index (χ4n) is 3.08. The number of rotatable bonds is 7. The summed E-state index contributed by atoms with van der Waals surface area (Å²) in [5.74, 6) is -0.299. The molecule has 0 spiro atoms. The van der Waals surface area contributed by atoms with Crippen LogP contribution in [0, 0.1) is 0 Å². The Morgan fingerprint density at radius 3 is 2.57 bits per heavy atom. The Balaban J connectivity index is 1.79. The summed E-state index contributed by atoms with van der Waals surface area (Å²) >= 11 is 0. The van der Waals surface area contributed by atoms with Gasteiger partial charge in [0, 0.05) is 18.1 Å². The van der Waals surface area contributed by atoms with Gasteiger partial charge in [-0.15, -0.1) is 0 Å². The van der Waals surface area contributed by atoms with Gasteiger partial charge in [0.25, 0.3) is 5.91 Å². The Kier molecular flexibility index (Phi) is 5.95. The molecule has 1 aromatic heterocycles. The summed E-state index contributed by atoms with van der Waals surface area (Å²) in [6.07, 6.45) is 3.90. The molecule has 3 aromatic rings. The summed E-state index contributed by atoms with van der Waals surface area (Å²) in [5.41, 5.74) is 15.7. The average Bonchev–Trinajstić information content (AvgIpc) is 3.08. The maximum absolute atomic E-state index is 11.4. The number of carbonyl (C=O) groups is 1. The number of primary amides is 1. The molecule has 3 rings (SSSR count). The molecule has 0 atom stereocenters. The van der Waals surface area contributed by atoms with Gasteiger partial charge >= 0.3 is 0 Å². The number of aromatic nitrogens is 1. The van der Waals surface area contributed by atoms with Crippen LogP contribution in [0.3, 0.4) is 0 Å². The lowest BCUT2D eigenvalue weighted by atomic mass is 10.1. The van der Waals surface area contributed by atoms with Crippen molar-refractivity contribution in [2.45, 2.75) is 19.4 Å². The Morgan fingerprint density at radius 1 is 1.14 bits per heavy atom. The van der Waals surface area contributed by atoms with E-state index >= 15 is 0 Å². The van der Waals surface area contributed by atoms with Gasteiger partial charge in [0.15, 0.2) is 0 Å². The van der Waals surface area contributed by atoms with E-state index in [4.69, 9.17) is 11.5 Å². The van der Waals surface area contributed by atoms with Crippen molar-refractivity contribution in [3.8, 4) is 5.75 Å². The van der Waals surface area contributed by atoms with E-state index in [0.717, 1.165) is 30.3 Å². The van der Waals surface area contributed by atoms with Gasteiger partial charge in [0.1, 0.15) is 11.6 Å². The summed E-state index contributed by atoms with van der Waals surface area (Å²) < 4.78 is 2.17. The summed E-state index contributed by atoms with van der Waals surface area (Å²) in [5, 5.41) is 10.3. The standard InChI is InChI=1S/C21H21N4O2Si/c22-20(17(13-28)21(23)27)24-18-4-1-5-19-16(18)10-12-25(19)11-2-3-14-6-8-15(26)9-7-14/h1,4-10,12-13,26H,2-3,11H2,(H2,22,24)(H2,23,27)/b17-13+. The molecule has 2 aromatic carbocycles. The molecule has 0 bridgehead atoms. The summed E-state index contributed by atoms with van der Waals surface area (Å²) in [6.45, 7) is 0.848. The minimum Gasteiger partial charge on any atom is -0.508 e. The second-order valence-corrected chi connectivity index (χ2v) is 6.70.